The average molecular weight is 246 g/mol. The maximum Gasteiger partial charge on any atom is 0.341 e. The molecule has 0 saturated heterocycles. The molecule has 0 aliphatic heterocycles. The van der Waals surface area contributed by atoms with Gasteiger partial charge in [0.15, 0.2) is 6.61 Å². The molecule has 0 spiro atoms. The van der Waals surface area contributed by atoms with Crippen LogP contribution >= 0.6 is 0 Å². The zero-order valence-corrected chi connectivity index (χ0v) is 9.29. The molecular weight excluding hydrogens is 236 g/mol. The van der Waals surface area contributed by atoms with Gasteiger partial charge in [-0.2, -0.15) is 0 Å². The molecule has 92 valence electrons. The van der Waals surface area contributed by atoms with Crippen LogP contribution < -0.4 is 4.74 Å². The molecule has 5 nitrogen and oxygen atoms in total. The smallest absolute Gasteiger partial charge is 0.341 e. The second kappa shape index (κ2) is 4.75. The fourth-order valence-electron chi connectivity index (χ4n) is 1.64. The van der Waals surface area contributed by atoms with Crippen LogP contribution in [0.5, 0.6) is 5.75 Å². The van der Waals surface area contributed by atoms with Crippen molar-refractivity contribution in [1.82, 2.24) is 0 Å². The molecule has 0 atom stereocenters. The van der Waals surface area contributed by atoms with Crippen LogP contribution in [0.3, 0.4) is 0 Å². The van der Waals surface area contributed by atoms with E-state index in [0.717, 1.165) is 5.39 Å². The van der Waals surface area contributed by atoms with Crippen molar-refractivity contribution in [3.8, 4) is 5.75 Å². The molecule has 2 N–H and O–H groups in total. The summed E-state index contributed by atoms with van der Waals surface area (Å²) < 4.78 is 5.12. The van der Waals surface area contributed by atoms with Gasteiger partial charge in [0, 0.05) is 5.39 Å². The van der Waals surface area contributed by atoms with E-state index in [1.807, 2.05) is 0 Å². The van der Waals surface area contributed by atoms with Crippen molar-refractivity contribution in [2.75, 3.05) is 6.61 Å². The van der Waals surface area contributed by atoms with E-state index in [4.69, 9.17) is 14.9 Å². The van der Waals surface area contributed by atoms with Crippen molar-refractivity contribution >= 4 is 22.7 Å². The number of carbonyl (C=O) groups is 2. The van der Waals surface area contributed by atoms with Crippen molar-refractivity contribution in [3.63, 3.8) is 0 Å². The van der Waals surface area contributed by atoms with Crippen LogP contribution in [0.2, 0.25) is 0 Å². The Morgan fingerprint density at radius 1 is 1.11 bits per heavy atom. The fourth-order valence-corrected chi connectivity index (χ4v) is 1.64. The Balaban J connectivity index is 2.48. The average Bonchev–Trinajstić information content (AvgIpc) is 2.35. The summed E-state index contributed by atoms with van der Waals surface area (Å²) in [6.45, 7) is -0.462. The summed E-state index contributed by atoms with van der Waals surface area (Å²) >= 11 is 0. The molecule has 0 radical (unpaired) electrons. The number of fused-ring (bicyclic) bond motifs is 1. The highest BCUT2D eigenvalue weighted by molar-refractivity contribution is 5.96. The van der Waals surface area contributed by atoms with Gasteiger partial charge in [-0.15, -0.1) is 0 Å². The van der Waals surface area contributed by atoms with Gasteiger partial charge in [-0.1, -0.05) is 18.2 Å². The number of carboxylic acid groups (broad SMARTS) is 2. The number of aromatic carboxylic acids is 1. The molecule has 18 heavy (non-hydrogen) atoms. The van der Waals surface area contributed by atoms with E-state index in [1.54, 1.807) is 24.3 Å². The molecule has 0 amide bonds. The number of ether oxygens (including phenoxy) is 1. The molecule has 0 fully saturated rings. The molecule has 0 bridgehead atoms. The molecule has 2 aromatic carbocycles. The highest BCUT2D eigenvalue weighted by atomic mass is 16.5. The monoisotopic (exact) mass is 246 g/mol. The lowest BCUT2D eigenvalue weighted by Crippen LogP contribution is -2.09. The van der Waals surface area contributed by atoms with Crippen molar-refractivity contribution in [2.24, 2.45) is 0 Å². The van der Waals surface area contributed by atoms with Gasteiger partial charge in [-0.05, 0) is 23.6 Å². The second-order valence-corrected chi connectivity index (χ2v) is 3.68. The molecule has 2 aromatic rings. The summed E-state index contributed by atoms with van der Waals surface area (Å²) in [7, 11) is 0. The Morgan fingerprint density at radius 2 is 1.89 bits per heavy atom. The predicted octanol–water partition coefficient (Wildman–Crippen LogP) is 2.00. The van der Waals surface area contributed by atoms with Crippen LogP contribution in [-0.4, -0.2) is 28.8 Å². The number of rotatable bonds is 4. The summed E-state index contributed by atoms with van der Waals surface area (Å²) in [5.41, 5.74) is 0.133. The maximum atomic E-state index is 10.9. The standard InChI is InChI=1S/C13H10O5/c14-12(15)7-18-11-3-1-2-8-4-5-9(13(16)17)6-10(8)11/h1-6H,7H2,(H,14,15)(H,16,17). The lowest BCUT2D eigenvalue weighted by molar-refractivity contribution is -0.139. The van der Waals surface area contributed by atoms with Crippen LogP contribution in [0.4, 0.5) is 0 Å². The Morgan fingerprint density at radius 3 is 2.56 bits per heavy atom. The van der Waals surface area contributed by atoms with E-state index < -0.39 is 18.5 Å². The Kier molecular flexibility index (Phi) is 3.14. The van der Waals surface area contributed by atoms with Gasteiger partial charge >= 0.3 is 11.9 Å². The lowest BCUT2D eigenvalue weighted by Gasteiger charge is -2.07. The summed E-state index contributed by atoms with van der Waals surface area (Å²) in [6, 6.07) is 9.75. The van der Waals surface area contributed by atoms with Crippen molar-refractivity contribution in [1.29, 1.82) is 0 Å². The SMILES string of the molecule is O=C(O)COc1cccc2ccc(C(=O)O)cc12. The zero-order valence-electron chi connectivity index (χ0n) is 9.29. The molecule has 0 saturated carbocycles. The molecule has 0 aromatic heterocycles. The summed E-state index contributed by atoms with van der Waals surface area (Å²) in [4.78, 5) is 21.4. The Hall–Kier alpha value is -2.56. The molecular formula is C13H10O5. The molecule has 0 unspecified atom stereocenters. The minimum absolute atomic E-state index is 0.133. The first-order valence-electron chi connectivity index (χ1n) is 5.18. The molecule has 2 rings (SSSR count). The summed E-state index contributed by atoms with van der Waals surface area (Å²) in [5.74, 6) is -1.76. The van der Waals surface area contributed by atoms with Crippen LogP contribution in [0.1, 0.15) is 10.4 Å². The predicted molar refractivity (Wildman–Crippen MR) is 64.0 cm³/mol. The van der Waals surface area contributed by atoms with Crippen LogP contribution in [0, 0.1) is 0 Å². The van der Waals surface area contributed by atoms with Gasteiger partial charge in [0.25, 0.3) is 0 Å². The Labute approximate surface area is 102 Å². The summed E-state index contributed by atoms with van der Waals surface area (Å²) in [5, 5.41) is 18.9. The van der Waals surface area contributed by atoms with E-state index in [0.29, 0.717) is 11.1 Å². The first-order valence-corrected chi connectivity index (χ1v) is 5.18. The highest BCUT2D eigenvalue weighted by Gasteiger charge is 2.08. The first-order chi connectivity index (χ1) is 8.58. The van der Waals surface area contributed by atoms with Crippen molar-refractivity contribution in [2.45, 2.75) is 0 Å². The topological polar surface area (TPSA) is 83.8 Å². The minimum atomic E-state index is -1.08. The van der Waals surface area contributed by atoms with E-state index in [2.05, 4.69) is 0 Å². The fraction of sp³-hybridized carbons (Fsp3) is 0.0769. The van der Waals surface area contributed by atoms with Crippen LogP contribution in [-0.2, 0) is 4.79 Å². The van der Waals surface area contributed by atoms with E-state index in [9.17, 15) is 9.59 Å². The van der Waals surface area contributed by atoms with E-state index in [-0.39, 0.29) is 5.56 Å². The van der Waals surface area contributed by atoms with Gasteiger partial charge in [-0.25, -0.2) is 9.59 Å². The second-order valence-electron chi connectivity index (χ2n) is 3.68. The highest BCUT2D eigenvalue weighted by Crippen LogP contribution is 2.26. The van der Waals surface area contributed by atoms with E-state index in [1.165, 1.54) is 12.1 Å². The van der Waals surface area contributed by atoms with Gasteiger partial charge in [-0.3, -0.25) is 0 Å². The quantitative estimate of drug-likeness (QED) is 0.861. The van der Waals surface area contributed by atoms with Crippen LogP contribution in [0.15, 0.2) is 36.4 Å². The number of hydrogen-bond donors (Lipinski definition) is 2. The molecule has 5 heteroatoms. The van der Waals surface area contributed by atoms with Gasteiger partial charge in [0.2, 0.25) is 0 Å². The normalized spacial score (nSPS) is 10.2. The third-order valence-electron chi connectivity index (χ3n) is 2.44. The van der Waals surface area contributed by atoms with Crippen molar-refractivity contribution < 1.29 is 24.5 Å². The number of hydrogen-bond acceptors (Lipinski definition) is 3. The summed E-state index contributed by atoms with van der Waals surface area (Å²) in [6.07, 6.45) is 0. The lowest BCUT2D eigenvalue weighted by atomic mass is 10.1. The van der Waals surface area contributed by atoms with Crippen molar-refractivity contribution in [3.05, 3.63) is 42.0 Å². The van der Waals surface area contributed by atoms with Gasteiger partial charge < -0.3 is 14.9 Å². The van der Waals surface area contributed by atoms with Gasteiger partial charge in [0.05, 0.1) is 5.56 Å². The minimum Gasteiger partial charge on any atom is -0.481 e. The largest absolute Gasteiger partial charge is 0.481 e. The number of carboxylic acids is 2. The van der Waals surface area contributed by atoms with Crippen LogP contribution in [0.25, 0.3) is 10.8 Å². The third kappa shape index (κ3) is 2.40. The Bertz CT molecular complexity index is 618. The first kappa shape index (κ1) is 11.9. The van der Waals surface area contributed by atoms with Gasteiger partial charge in [0.1, 0.15) is 5.75 Å². The molecule has 0 heterocycles. The third-order valence-corrected chi connectivity index (χ3v) is 2.44. The molecule has 0 aliphatic carbocycles. The van der Waals surface area contributed by atoms with E-state index >= 15 is 0 Å². The number of aliphatic carboxylic acids is 1. The zero-order chi connectivity index (χ0) is 13.1. The number of benzene rings is 2. The molecule has 0 aliphatic rings. The maximum absolute atomic E-state index is 10.9.